The zero-order chi connectivity index (χ0) is 25.6. The number of nitrogens with one attached hydrogen (secondary N) is 1. The molecular formula is C25H25N7O5. The minimum atomic E-state index is -0.184. The summed E-state index contributed by atoms with van der Waals surface area (Å²) < 4.78 is 23.1. The summed E-state index contributed by atoms with van der Waals surface area (Å²) in [7, 11) is 3.21. The molecule has 0 aliphatic rings. The molecule has 37 heavy (non-hydrogen) atoms. The normalized spacial score (nSPS) is 11.3. The molecule has 12 nitrogen and oxygen atoms in total. The van der Waals surface area contributed by atoms with E-state index < -0.39 is 0 Å². The quantitative estimate of drug-likeness (QED) is 0.268. The lowest BCUT2D eigenvalue weighted by atomic mass is 10.2. The highest BCUT2D eigenvalue weighted by Gasteiger charge is 2.19. The van der Waals surface area contributed by atoms with E-state index in [2.05, 4.69) is 30.8 Å². The summed E-state index contributed by atoms with van der Waals surface area (Å²) in [5.74, 6) is 1.17. The number of methoxy groups -OCH3 is 2. The largest absolute Gasteiger partial charge is 0.470 e. The Balaban J connectivity index is 1.37. The summed E-state index contributed by atoms with van der Waals surface area (Å²) in [5, 5.41) is 21.8. The number of carbonyl (C=O) groups excluding carboxylic acids is 1. The van der Waals surface area contributed by atoms with E-state index in [1.165, 1.54) is 6.20 Å². The molecular weight excluding hydrogens is 478 g/mol. The highest BCUT2D eigenvalue weighted by molar-refractivity contribution is 5.97. The van der Waals surface area contributed by atoms with Gasteiger partial charge in [0.1, 0.15) is 13.2 Å². The van der Waals surface area contributed by atoms with Crippen LogP contribution in [0.4, 0.5) is 0 Å². The Bertz CT molecular complexity index is 1510. The fourth-order valence-corrected chi connectivity index (χ4v) is 3.75. The fourth-order valence-electron chi connectivity index (χ4n) is 3.75. The highest BCUT2D eigenvalue weighted by Crippen LogP contribution is 2.29. The van der Waals surface area contributed by atoms with Crippen molar-refractivity contribution >= 4 is 22.3 Å². The van der Waals surface area contributed by atoms with Crippen molar-refractivity contribution in [3.05, 3.63) is 65.7 Å². The molecule has 0 spiro atoms. The number of nitrogens with zero attached hydrogens (tertiary/aromatic N) is 6. The monoisotopic (exact) mass is 503 g/mol. The molecule has 0 aliphatic heterocycles. The lowest BCUT2D eigenvalue weighted by Crippen LogP contribution is -2.25. The molecule has 0 saturated heterocycles. The molecule has 1 N–H and O–H groups in total. The second kappa shape index (κ2) is 11.1. The van der Waals surface area contributed by atoms with E-state index in [-0.39, 0.29) is 19.1 Å². The van der Waals surface area contributed by atoms with Crippen LogP contribution in [-0.4, -0.2) is 63.2 Å². The van der Waals surface area contributed by atoms with E-state index in [1.54, 1.807) is 36.9 Å². The van der Waals surface area contributed by atoms with Gasteiger partial charge < -0.3 is 24.1 Å². The number of amides is 1. The third kappa shape index (κ3) is 5.25. The second-order valence-corrected chi connectivity index (χ2v) is 8.15. The van der Waals surface area contributed by atoms with E-state index in [4.69, 9.17) is 18.7 Å². The molecule has 1 aromatic carbocycles. The average molecular weight is 504 g/mol. The molecule has 0 radical (unpaired) electrons. The predicted molar refractivity (Wildman–Crippen MR) is 132 cm³/mol. The van der Waals surface area contributed by atoms with Crippen molar-refractivity contribution in [2.24, 2.45) is 0 Å². The van der Waals surface area contributed by atoms with Crippen LogP contribution in [0.25, 0.3) is 27.9 Å². The van der Waals surface area contributed by atoms with Gasteiger partial charge in [0.2, 0.25) is 11.7 Å². The predicted octanol–water partition coefficient (Wildman–Crippen LogP) is 2.82. The molecule has 0 aliphatic carbocycles. The number of hydrogen-bond donors (Lipinski definition) is 1. The van der Waals surface area contributed by atoms with Crippen molar-refractivity contribution in [3.8, 4) is 17.4 Å². The van der Waals surface area contributed by atoms with Gasteiger partial charge in [0.15, 0.2) is 17.1 Å². The number of rotatable bonds is 11. The van der Waals surface area contributed by atoms with Crippen molar-refractivity contribution < 1.29 is 23.5 Å². The molecule has 1 amide bonds. The van der Waals surface area contributed by atoms with E-state index in [0.29, 0.717) is 53.2 Å². The van der Waals surface area contributed by atoms with E-state index in [0.717, 1.165) is 17.2 Å². The molecule has 12 heteroatoms. The summed E-state index contributed by atoms with van der Waals surface area (Å²) in [6.45, 7) is 1.56. The lowest BCUT2D eigenvalue weighted by molar-refractivity contribution is 0.0948. The molecule has 190 valence electrons. The SMILES string of the molecule is COCCCNC(=O)c1ccc(COc2nn3c(-c4cc(COC)on4)nnc3c3ccccc23)nc1. The highest BCUT2D eigenvalue weighted by atomic mass is 16.5. The molecule has 4 aromatic heterocycles. The van der Waals surface area contributed by atoms with Crippen molar-refractivity contribution in [2.75, 3.05) is 27.4 Å². The molecule has 0 saturated carbocycles. The Hall–Kier alpha value is -4.42. The van der Waals surface area contributed by atoms with Crippen LogP contribution in [0.5, 0.6) is 5.88 Å². The second-order valence-electron chi connectivity index (χ2n) is 8.15. The third-order valence-electron chi connectivity index (χ3n) is 5.56. The van der Waals surface area contributed by atoms with Crippen LogP contribution in [0.15, 0.2) is 53.2 Å². The molecule has 0 atom stereocenters. The van der Waals surface area contributed by atoms with Gasteiger partial charge in [-0.3, -0.25) is 9.78 Å². The molecule has 5 rings (SSSR count). The molecule has 0 fully saturated rings. The first-order valence-corrected chi connectivity index (χ1v) is 11.6. The van der Waals surface area contributed by atoms with Gasteiger partial charge in [-0.15, -0.1) is 15.3 Å². The number of fused-ring (bicyclic) bond motifs is 3. The molecule has 0 bridgehead atoms. The van der Waals surface area contributed by atoms with Crippen LogP contribution in [0.1, 0.15) is 28.2 Å². The number of benzene rings is 1. The van der Waals surface area contributed by atoms with Crippen LogP contribution in [0.2, 0.25) is 0 Å². The minimum Gasteiger partial charge on any atom is -0.470 e. The van der Waals surface area contributed by atoms with Crippen LogP contribution >= 0.6 is 0 Å². The lowest BCUT2D eigenvalue weighted by Gasteiger charge is -2.10. The van der Waals surface area contributed by atoms with Gasteiger partial charge >= 0.3 is 0 Å². The molecule has 4 heterocycles. The maximum Gasteiger partial charge on any atom is 0.252 e. The first-order valence-electron chi connectivity index (χ1n) is 11.6. The number of pyridine rings is 1. The summed E-state index contributed by atoms with van der Waals surface area (Å²) in [4.78, 5) is 16.6. The molecule has 0 unspecified atom stereocenters. The maximum absolute atomic E-state index is 12.3. The minimum absolute atomic E-state index is 0.150. The van der Waals surface area contributed by atoms with Gasteiger partial charge in [-0.05, 0) is 24.6 Å². The Morgan fingerprint density at radius 2 is 1.92 bits per heavy atom. The summed E-state index contributed by atoms with van der Waals surface area (Å²) in [5.41, 5.74) is 2.16. The average Bonchev–Trinajstić information content (AvgIpc) is 3.57. The zero-order valence-corrected chi connectivity index (χ0v) is 20.4. The van der Waals surface area contributed by atoms with Crippen molar-refractivity contribution in [1.29, 1.82) is 0 Å². The first kappa shape index (κ1) is 24.3. The summed E-state index contributed by atoms with van der Waals surface area (Å²) in [6, 6.07) is 12.8. The smallest absolute Gasteiger partial charge is 0.252 e. The molecule has 5 aromatic rings. The Morgan fingerprint density at radius 3 is 2.70 bits per heavy atom. The maximum atomic E-state index is 12.3. The van der Waals surface area contributed by atoms with Gasteiger partial charge in [-0.2, -0.15) is 4.52 Å². The number of hydrogen-bond acceptors (Lipinski definition) is 10. The van der Waals surface area contributed by atoms with Gasteiger partial charge in [0.05, 0.1) is 11.3 Å². The number of ether oxygens (including phenoxy) is 3. The van der Waals surface area contributed by atoms with E-state index in [1.807, 2.05) is 24.3 Å². The zero-order valence-electron chi connectivity index (χ0n) is 20.4. The van der Waals surface area contributed by atoms with Gasteiger partial charge in [0, 0.05) is 50.4 Å². The topological polar surface area (TPSA) is 139 Å². The van der Waals surface area contributed by atoms with Crippen LogP contribution in [0, 0.1) is 0 Å². The Labute approximate surface area is 211 Å². The van der Waals surface area contributed by atoms with E-state index in [9.17, 15) is 4.79 Å². The van der Waals surface area contributed by atoms with E-state index >= 15 is 0 Å². The van der Waals surface area contributed by atoms with Crippen LogP contribution in [-0.2, 0) is 22.7 Å². The fraction of sp³-hybridized carbons (Fsp3) is 0.280. The Kier molecular flexibility index (Phi) is 7.28. The van der Waals surface area contributed by atoms with Crippen LogP contribution in [0.3, 0.4) is 0 Å². The van der Waals surface area contributed by atoms with Crippen molar-refractivity contribution in [1.82, 2.24) is 35.3 Å². The van der Waals surface area contributed by atoms with Crippen molar-refractivity contribution in [2.45, 2.75) is 19.6 Å². The first-order chi connectivity index (χ1) is 18.2. The van der Waals surface area contributed by atoms with Gasteiger partial charge in [-0.1, -0.05) is 23.4 Å². The van der Waals surface area contributed by atoms with Gasteiger partial charge in [0.25, 0.3) is 5.91 Å². The Morgan fingerprint density at radius 1 is 1.05 bits per heavy atom. The van der Waals surface area contributed by atoms with Crippen LogP contribution < -0.4 is 10.1 Å². The summed E-state index contributed by atoms with van der Waals surface area (Å²) in [6.07, 6.45) is 2.27. The van der Waals surface area contributed by atoms with Crippen molar-refractivity contribution in [3.63, 3.8) is 0 Å². The summed E-state index contributed by atoms with van der Waals surface area (Å²) >= 11 is 0. The number of carbonyl (C=O) groups is 1. The standard InChI is InChI=1S/C25H25N7O5/c1-34-11-5-10-26-24(33)16-8-9-17(27-13-16)14-36-25-20-7-4-3-6-19(20)22-28-29-23(32(22)30-25)21-12-18(15-35-2)37-31-21/h3-4,6-9,12-13H,5,10-11,14-15H2,1-2H3,(H,26,33). The number of aromatic nitrogens is 6. The van der Waals surface area contributed by atoms with Gasteiger partial charge in [-0.25, -0.2) is 0 Å². The third-order valence-corrected chi connectivity index (χ3v) is 5.56.